The summed E-state index contributed by atoms with van der Waals surface area (Å²) in [6.07, 6.45) is 5.15. The number of carbonyl (C=O) groups excluding carboxylic acids is 1. The summed E-state index contributed by atoms with van der Waals surface area (Å²) in [4.78, 5) is 19.8. The van der Waals surface area contributed by atoms with E-state index in [0.717, 1.165) is 44.6 Å². The lowest BCUT2D eigenvalue weighted by Gasteiger charge is -2.42. The molecule has 1 amide bonds. The predicted octanol–water partition coefficient (Wildman–Crippen LogP) is 1.14. The van der Waals surface area contributed by atoms with Crippen molar-refractivity contribution in [3.8, 4) is 0 Å². The first-order valence-corrected chi connectivity index (χ1v) is 8.98. The standard InChI is InChI=1S/C20H24N4O/c25-19(23-15-16-4-3-7-22-14-16)20(24-10-8-21-9-11-24)12-17-5-1-2-6-18(17)13-20/h1-7,14,21H,8-13,15H2,(H,23,25). The molecule has 25 heavy (non-hydrogen) atoms. The Morgan fingerprint density at radius 3 is 2.48 bits per heavy atom. The minimum Gasteiger partial charge on any atom is -0.350 e. The lowest BCUT2D eigenvalue weighted by atomic mass is 9.91. The quantitative estimate of drug-likeness (QED) is 0.879. The van der Waals surface area contributed by atoms with Gasteiger partial charge in [0.2, 0.25) is 5.91 Å². The number of fused-ring (bicyclic) bond motifs is 1. The highest BCUT2D eigenvalue weighted by atomic mass is 16.2. The lowest BCUT2D eigenvalue weighted by molar-refractivity contribution is -0.134. The first kappa shape index (κ1) is 16.2. The first-order valence-electron chi connectivity index (χ1n) is 8.98. The minimum absolute atomic E-state index is 0.134. The van der Waals surface area contributed by atoms with Gasteiger partial charge in [-0.15, -0.1) is 0 Å². The highest BCUT2D eigenvalue weighted by molar-refractivity contribution is 5.88. The van der Waals surface area contributed by atoms with Gasteiger partial charge in [0.25, 0.3) is 0 Å². The van der Waals surface area contributed by atoms with Crippen LogP contribution in [0.5, 0.6) is 0 Å². The number of pyridine rings is 1. The zero-order chi connectivity index (χ0) is 17.1. The van der Waals surface area contributed by atoms with E-state index in [0.29, 0.717) is 6.54 Å². The van der Waals surface area contributed by atoms with Crippen molar-refractivity contribution in [3.05, 3.63) is 65.5 Å². The van der Waals surface area contributed by atoms with Crippen molar-refractivity contribution in [1.82, 2.24) is 20.5 Å². The van der Waals surface area contributed by atoms with E-state index in [1.54, 1.807) is 12.4 Å². The number of piperazine rings is 1. The highest BCUT2D eigenvalue weighted by Crippen LogP contribution is 2.35. The molecule has 0 radical (unpaired) electrons. The van der Waals surface area contributed by atoms with Crippen LogP contribution in [0.3, 0.4) is 0 Å². The molecule has 2 aromatic rings. The van der Waals surface area contributed by atoms with Gasteiger partial charge in [-0.1, -0.05) is 30.3 Å². The predicted molar refractivity (Wildman–Crippen MR) is 97.1 cm³/mol. The van der Waals surface area contributed by atoms with Gasteiger partial charge in [0.05, 0.1) is 0 Å². The van der Waals surface area contributed by atoms with E-state index < -0.39 is 5.54 Å². The molecule has 130 valence electrons. The molecule has 1 fully saturated rings. The number of carbonyl (C=O) groups is 1. The molecule has 1 saturated heterocycles. The van der Waals surface area contributed by atoms with Crippen LogP contribution in [-0.2, 0) is 24.2 Å². The minimum atomic E-state index is -0.464. The van der Waals surface area contributed by atoms with Crippen LogP contribution >= 0.6 is 0 Å². The van der Waals surface area contributed by atoms with Crippen LogP contribution in [-0.4, -0.2) is 47.5 Å². The third kappa shape index (κ3) is 3.17. The van der Waals surface area contributed by atoms with Crippen LogP contribution in [0, 0.1) is 0 Å². The van der Waals surface area contributed by atoms with Crippen molar-refractivity contribution in [1.29, 1.82) is 0 Å². The summed E-state index contributed by atoms with van der Waals surface area (Å²) in [5.41, 5.74) is 3.17. The Kier molecular flexibility index (Phi) is 4.51. The van der Waals surface area contributed by atoms with Crippen LogP contribution in [0.25, 0.3) is 0 Å². The third-order valence-electron chi connectivity index (χ3n) is 5.41. The van der Waals surface area contributed by atoms with E-state index in [-0.39, 0.29) is 5.91 Å². The molecule has 2 aliphatic rings. The Morgan fingerprint density at radius 1 is 1.12 bits per heavy atom. The number of amides is 1. The summed E-state index contributed by atoms with van der Waals surface area (Å²) in [6.45, 7) is 4.22. The van der Waals surface area contributed by atoms with E-state index in [1.165, 1.54) is 11.1 Å². The lowest BCUT2D eigenvalue weighted by Crippen LogP contribution is -2.63. The normalized spacial score (nSPS) is 19.4. The smallest absolute Gasteiger partial charge is 0.241 e. The Bertz CT molecular complexity index is 715. The Balaban J connectivity index is 1.56. The molecule has 0 spiro atoms. The molecular formula is C20H24N4O. The Labute approximate surface area is 148 Å². The molecule has 1 aliphatic carbocycles. The number of benzene rings is 1. The van der Waals surface area contributed by atoms with Gasteiger partial charge in [-0.3, -0.25) is 14.7 Å². The van der Waals surface area contributed by atoms with Crippen molar-refractivity contribution in [2.45, 2.75) is 24.9 Å². The monoisotopic (exact) mass is 336 g/mol. The van der Waals surface area contributed by atoms with Crippen LogP contribution in [0.4, 0.5) is 0 Å². The SMILES string of the molecule is O=C(NCc1cccnc1)C1(N2CCNCC2)Cc2ccccc2C1. The molecule has 1 aromatic heterocycles. The maximum Gasteiger partial charge on any atom is 0.241 e. The maximum absolute atomic E-state index is 13.3. The summed E-state index contributed by atoms with van der Waals surface area (Å²) in [5.74, 6) is 0.134. The summed E-state index contributed by atoms with van der Waals surface area (Å²) in [7, 11) is 0. The van der Waals surface area contributed by atoms with E-state index >= 15 is 0 Å². The highest BCUT2D eigenvalue weighted by Gasteiger charge is 2.48. The second kappa shape index (κ2) is 6.94. The molecule has 4 rings (SSSR count). The Morgan fingerprint density at radius 2 is 1.84 bits per heavy atom. The zero-order valence-electron chi connectivity index (χ0n) is 14.4. The van der Waals surface area contributed by atoms with Gasteiger partial charge in [0.1, 0.15) is 5.54 Å². The summed E-state index contributed by atoms with van der Waals surface area (Å²) >= 11 is 0. The summed E-state index contributed by atoms with van der Waals surface area (Å²) < 4.78 is 0. The summed E-state index contributed by atoms with van der Waals surface area (Å²) in [6, 6.07) is 12.4. The number of rotatable bonds is 4. The van der Waals surface area contributed by atoms with Gasteiger partial charge in [0.15, 0.2) is 0 Å². The number of aromatic nitrogens is 1. The van der Waals surface area contributed by atoms with Crippen molar-refractivity contribution >= 4 is 5.91 Å². The first-order chi connectivity index (χ1) is 12.3. The van der Waals surface area contributed by atoms with E-state index in [9.17, 15) is 4.79 Å². The number of nitrogens with zero attached hydrogens (tertiary/aromatic N) is 2. The third-order valence-corrected chi connectivity index (χ3v) is 5.41. The fourth-order valence-electron chi connectivity index (χ4n) is 4.07. The maximum atomic E-state index is 13.3. The molecule has 0 atom stereocenters. The molecule has 2 heterocycles. The molecule has 5 nitrogen and oxygen atoms in total. The molecule has 1 aromatic carbocycles. The van der Waals surface area contributed by atoms with Gasteiger partial charge < -0.3 is 10.6 Å². The van der Waals surface area contributed by atoms with Crippen LogP contribution in [0.15, 0.2) is 48.8 Å². The van der Waals surface area contributed by atoms with Crippen molar-refractivity contribution in [2.24, 2.45) is 0 Å². The van der Waals surface area contributed by atoms with Crippen molar-refractivity contribution in [2.75, 3.05) is 26.2 Å². The molecule has 1 aliphatic heterocycles. The summed E-state index contributed by atoms with van der Waals surface area (Å²) in [5, 5.41) is 6.56. The number of hydrogen-bond donors (Lipinski definition) is 2. The van der Waals surface area contributed by atoms with E-state index in [2.05, 4.69) is 44.8 Å². The zero-order valence-corrected chi connectivity index (χ0v) is 14.4. The Hall–Kier alpha value is -2.24. The fourth-order valence-corrected chi connectivity index (χ4v) is 4.07. The molecule has 0 unspecified atom stereocenters. The van der Waals surface area contributed by atoms with E-state index in [4.69, 9.17) is 0 Å². The second-order valence-electron chi connectivity index (χ2n) is 6.93. The van der Waals surface area contributed by atoms with Crippen molar-refractivity contribution in [3.63, 3.8) is 0 Å². The molecular weight excluding hydrogens is 312 g/mol. The van der Waals surface area contributed by atoms with Gasteiger partial charge in [-0.05, 0) is 22.8 Å². The second-order valence-corrected chi connectivity index (χ2v) is 6.93. The molecule has 2 N–H and O–H groups in total. The molecule has 0 saturated carbocycles. The van der Waals surface area contributed by atoms with Crippen LogP contribution in [0.1, 0.15) is 16.7 Å². The average molecular weight is 336 g/mol. The van der Waals surface area contributed by atoms with Gasteiger partial charge in [-0.25, -0.2) is 0 Å². The average Bonchev–Trinajstić information content (AvgIpc) is 3.08. The fraction of sp³-hybridized carbons (Fsp3) is 0.400. The van der Waals surface area contributed by atoms with Gasteiger partial charge in [0, 0.05) is 58.0 Å². The largest absolute Gasteiger partial charge is 0.350 e. The topological polar surface area (TPSA) is 57.3 Å². The van der Waals surface area contributed by atoms with E-state index in [1.807, 2.05) is 12.1 Å². The van der Waals surface area contributed by atoms with Crippen LogP contribution in [0.2, 0.25) is 0 Å². The number of nitrogens with one attached hydrogen (secondary N) is 2. The van der Waals surface area contributed by atoms with Gasteiger partial charge in [-0.2, -0.15) is 0 Å². The van der Waals surface area contributed by atoms with Crippen LogP contribution < -0.4 is 10.6 Å². The van der Waals surface area contributed by atoms with Gasteiger partial charge >= 0.3 is 0 Å². The number of hydrogen-bond acceptors (Lipinski definition) is 4. The molecule has 5 heteroatoms. The van der Waals surface area contributed by atoms with Crippen molar-refractivity contribution < 1.29 is 4.79 Å². The molecule has 0 bridgehead atoms.